The van der Waals surface area contributed by atoms with Crippen LogP contribution in [0.3, 0.4) is 0 Å². The van der Waals surface area contributed by atoms with Crippen LogP contribution in [-0.4, -0.2) is 16.8 Å². The standard InChI is InChI=1S/C16H26N2OS/c1-12-8-13(2)10-14(9-12)11-20-7-5-6-16(3,4)15(17)18-19/h8-10,19H,5-7,11H2,1-4H3,(H2,17,18). The summed E-state index contributed by atoms with van der Waals surface area (Å²) < 4.78 is 0. The minimum atomic E-state index is -0.227. The van der Waals surface area contributed by atoms with Crippen LogP contribution in [0.1, 0.15) is 43.4 Å². The number of aryl methyl sites for hydroxylation is 2. The highest BCUT2D eigenvalue weighted by molar-refractivity contribution is 7.98. The highest BCUT2D eigenvalue weighted by Crippen LogP contribution is 2.24. The molecule has 0 aromatic heterocycles. The summed E-state index contributed by atoms with van der Waals surface area (Å²) >= 11 is 1.94. The third-order valence-electron chi connectivity index (χ3n) is 3.44. The zero-order valence-corrected chi connectivity index (χ0v) is 13.8. The molecule has 0 aliphatic rings. The molecule has 0 fully saturated rings. The maximum atomic E-state index is 8.73. The Morgan fingerprint density at radius 3 is 2.40 bits per heavy atom. The van der Waals surface area contributed by atoms with Crippen molar-refractivity contribution in [1.29, 1.82) is 0 Å². The molecule has 1 aromatic rings. The molecule has 0 aliphatic heterocycles. The van der Waals surface area contributed by atoms with Gasteiger partial charge in [0.25, 0.3) is 0 Å². The average molecular weight is 294 g/mol. The van der Waals surface area contributed by atoms with Crippen molar-refractivity contribution >= 4 is 17.6 Å². The third-order valence-corrected chi connectivity index (χ3v) is 4.56. The minimum Gasteiger partial charge on any atom is -0.409 e. The summed E-state index contributed by atoms with van der Waals surface area (Å²) in [5.74, 6) is 2.46. The van der Waals surface area contributed by atoms with Gasteiger partial charge in [-0.05, 0) is 38.0 Å². The molecule has 0 aliphatic carbocycles. The largest absolute Gasteiger partial charge is 0.409 e. The summed E-state index contributed by atoms with van der Waals surface area (Å²) in [7, 11) is 0. The molecule has 0 amide bonds. The van der Waals surface area contributed by atoms with Crippen molar-refractivity contribution in [2.24, 2.45) is 16.3 Å². The Balaban J connectivity index is 2.32. The first-order valence-electron chi connectivity index (χ1n) is 6.98. The van der Waals surface area contributed by atoms with Gasteiger partial charge in [-0.1, -0.05) is 48.3 Å². The number of oxime groups is 1. The van der Waals surface area contributed by atoms with Crippen LogP contribution in [0.25, 0.3) is 0 Å². The molecule has 0 bridgehead atoms. The van der Waals surface area contributed by atoms with E-state index in [2.05, 4.69) is 37.2 Å². The zero-order valence-electron chi connectivity index (χ0n) is 12.9. The third kappa shape index (κ3) is 5.45. The van der Waals surface area contributed by atoms with Gasteiger partial charge in [0.05, 0.1) is 0 Å². The van der Waals surface area contributed by atoms with Gasteiger partial charge < -0.3 is 10.9 Å². The van der Waals surface area contributed by atoms with Gasteiger partial charge in [0, 0.05) is 11.2 Å². The molecule has 0 unspecified atom stereocenters. The topological polar surface area (TPSA) is 58.6 Å². The predicted molar refractivity (Wildman–Crippen MR) is 88.5 cm³/mol. The van der Waals surface area contributed by atoms with Gasteiger partial charge in [-0.2, -0.15) is 11.8 Å². The number of rotatable bonds is 7. The van der Waals surface area contributed by atoms with E-state index >= 15 is 0 Å². The maximum Gasteiger partial charge on any atom is 0.144 e. The monoisotopic (exact) mass is 294 g/mol. The van der Waals surface area contributed by atoms with Crippen molar-refractivity contribution in [2.75, 3.05) is 5.75 Å². The van der Waals surface area contributed by atoms with E-state index in [0.29, 0.717) is 5.84 Å². The van der Waals surface area contributed by atoms with Crippen molar-refractivity contribution < 1.29 is 5.21 Å². The van der Waals surface area contributed by atoms with Gasteiger partial charge in [-0.25, -0.2) is 0 Å². The Morgan fingerprint density at radius 2 is 1.85 bits per heavy atom. The van der Waals surface area contributed by atoms with E-state index in [1.165, 1.54) is 16.7 Å². The number of nitrogens with zero attached hydrogens (tertiary/aromatic N) is 1. The van der Waals surface area contributed by atoms with Gasteiger partial charge in [0.15, 0.2) is 0 Å². The molecule has 1 rings (SSSR count). The fraction of sp³-hybridized carbons (Fsp3) is 0.562. The Labute approximate surface area is 126 Å². The van der Waals surface area contributed by atoms with Gasteiger partial charge in [-0.15, -0.1) is 0 Å². The SMILES string of the molecule is Cc1cc(C)cc(CSCCCC(C)(C)/C(N)=N/O)c1. The number of thioether (sulfide) groups is 1. The first kappa shape index (κ1) is 16.9. The normalized spacial score (nSPS) is 12.7. The van der Waals surface area contributed by atoms with E-state index in [1.807, 2.05) is 25.6 Å². The Bertz CT molecular complexity index is 449. The number of benzene rings is 1. The second-order valence-electron chi connectivity index (χ2n) is 6.02. The highest BCUT2D eigenvalue weighted by atomic mass is 32.2. The van der Waals surface area contributed by atoms with Gasteiger partial charge >= 0.3 is 0 Å². The first-order valence-corrected chi connectivity index (χ1v) is 8.13. The Morgan fingerprint density at radius 1 is 1.25 bits per heavy atom. The van der Waals surface area contributed by atoms with Crippen LogP contribution in [-0.2, 0) is 5.75 Å². The lowest BCUT2D eigenvalue weighted by molar-refractivity contribution is 0.305. The van der Waals surface area contributed by atoms with Gasteiger partial charge in [0.2, 0.25) is 0 Å². The summed E-state index contributed by atoms with van der Waals surface area (Å²) in [6.45, 7) is 8.30. The lowest BCUT2D eigenvalue weighted by Gasteiger charge is -2.22. The van der Waals surface area contributed by atoms with E-state index in [0.717, 1.165) is 24.3 Å². The molecular weight excluding hydrogens is 268 g/mol. The average Bonchev–Trinajstić information content (AvgIpc) is 2.36. The van der Waals surface area contributed by atoms with Crippen molar-refractivity contribution in [3.8, 4) is 0 Å². The van der Waals surface area contributed by atoms with Crippen LogP contribution < -0.4 is 5.73 Å². The lowest BCUT2D eigenvalue weighted by Crippen LogP contribution is -2.31. The molecular formula is C16H26N2OS. The Kier molecular flexibility index (Phi) is 6.40. The fourth-order valence-electron chi connectivity index (χ4n) is 2.22. The molecule has 0 saturated carbocycles. The quantitative estimate of drug-likeness (QED) is 0.262. The van der Waals surface area contributed by atoms with E-state index in [4.69, 9.17) is 10.9 Å². The van der Waals surface area contributed by atoms with Gasteiger partial charge in [-0.3, -0.25) is 0 Å². The van der Waals surface area contributed by atoms with Crippen molar-refractivity contribution in [1.82, 2.24) is 0 Å². The van der Waals surface area contributed by atoms with Gasteiger partial charge in [0.1, 0.15) is 5.84 Å². The molecule has 0 heterocycles. The molecule has 112 valence electrons. The predicted octanol–water partition coefficient (Wildman–Crippen LogP) is 4.09. The molecule has 0 atom stereocenters. The summed E-state index contributed by atoms with van der Waals surface area (Å²) in [6.07, 6.45) is 2.00. The van der Waals surface area contributed by atoms with E-state index in [9.17, 15) is 0 Å². The van der Waals surface area contributed by atoms with E-state index < -0.39 is 0 Å². The van der Waals surface area contributed by atoms with Crippen LogP contribution in [0.2, 0.25) is 0 Å². The lowest BCUT2D eigenvalue weighted by atomic mass is 9.87. The second-order valence-corrected chi connectivity index (χ2v) is 7.13. The van der Waals surface area contributed by atoms with Crippen molar-refractivity contribution in [3.63, 3.8) is 0 Å². The molecule has 20 heavy (non-hydrogen) atoms. The van der Waals surface area contributed by atoms with Crippen LogP contribution in [0.5, 0.6) is 0 Å². The molecule has 0 radical (unpaired) electrons. The molecule has 1 aromatic carbocycles. The van der Waals surface area contributed by atoms with Crippen molar-refractivity contribution in [3.05, 3.63) is 34.9 Å². The number of nitrogens with two attached hydrogens (primary N) is 1. The number of amidine groups is 1. The summed E-state index contributed by atoms with van der Waals surface area (Å²) in [4.78, 5) is 0. The summed E-state index contributed by atoms with van der Waals surface area (Å²) in [5.41, 5.74) is 9.50. The van der Waals surface area contributed by atoms with E-state index in [1.54, 1.807) is 0 Å². The smallest absolute Gasteiger partial charge is 0.144 e. The molecule has 0 spiro atoms. The molecule has 3 N–H and O–H groups in total. The molecule has 0 saturated heterocycles. The summed E-state index contributed by atoms with van der Waals surface area (Å²) in [6, 6.07) is 6.70. The molecule has 4 heteroatoms. The maximum absolute atomic E-state index is 8.73. The van der Waals surface area contributed by atoms with E-state index in [-0.39, 0.29) is 5.41 Å². The summed E-state index contributed by atoms with van der Waals surface area (Å²) in [5, 5.41) is 11.8. The minimum absolute atomic E-state index is 0.227. The van der Waals surface area contributed by atoms with Crippen LogP contribution in [0, 0.1) is 19.3 Å². The first-order chi connectivity index (χ1) is 9.35. The number of hydrogen-bond acceptors (Lipinski definition) is 3. The van der Waals surface area contributed by atoms with Crippen molar-refractivity contribution in [2.45, 2.75) is 46.3 Å². The highest BCUT2D eigenvalue weighted by Gasteiger charge is 2.22. The Hall–Kier alpha value is -1.16. The zero-order chi connectivity index (χ0) is 15.2. The fourth-order valence-corrected chi connectivity index (χ4v) is 3.12. The molecule has 3 nitrogen and oxygen atoms in total. The second kappa shape index (κ2) is 7.58. The van der Waals surface area contributed by atoms with Crippen LogP contribution in [0.15, 0.2) is 23.4 Å². The number of hydrogen-bond donors (Lipinski definition) is 2. The van der Waals surface area contributed by atoms with Crippen LogP contribution in [0.4, 0.5) is 0 Å². The van der Waals surface area contributed by atoms with Crippen LogP contribution >= 0.6 is 11.8 Å².